The number of benzene rings is 1. The van der Waals surface area contributed by atoms with Crippen LogP contribution in [0.2, 0.25) is 0 Å². The molecule has 2 nitrogen and oxygen atoms in total. The Hall–Kier alpha value is -1.02. The van der Waals surface area contributed by atoms with E-state index in [2.05, 4.69) is 36.5 Å². The van der Waals surface area contributed by atoms with Crippen molar-refractivity contribution in [3.63, 3.8) is 0 Å². The normalized spacial score (nSPS) is 17.6. The monoisotopic (exact) mass is 289 g/mol. The largest absolute Gasteiger partial charge is 0.497 e. The van der Waals surface area contributed by atoms with Crippen LogP contribution in [-0.2, 0) is 6.42 Å². The maximum absolute atomic E-state index is 5.24. The highest BCUT2D eigenvalue weighted by molar-refractivity contribution is 5.27. The van der Waals surface area contributed by atoms with Gasteiger partial charge in [-0.3, -0.25) is 0 Å². The van der Waals surface area contributed by atoms with Gasteiger partial charge in [0.2, 0.25) is 0 Å². The van der Waals surface area contributed by atoms with Gasteiger partial charge in [-0.25, -0.2) is 0 Å². The molecule has 0 aliphatic heterocycles. The number of ether oxygens (including phenoxy) is 1. The number of rotatable bonds is 8. The van der Waals surface area contributed by atoms with E-state index in [1.54, 1.807) is 7.11 Å². The third kappa shape index (κ3) is 5.03. The molecule has 2 rings (SSSR count). The van der Waals surface area contributed by atoms with Crippen molar-refractivity contribution < 1.29 is 4.74 Å². The minimum atomic E-state index is 0.584. The first-order valence-electron chi connectivity index (χ1n) is 8.62. The molecule has 0 bridgehead atoms. The smallest absolute Gasteiger partial charge is 0.118 e. The standard InChI is InChI=1S/C19H31NO/c1-3-20-16-15-19(12-5-4-6-13-19)14-11-17-7-9-18(21-2)10-8-17/h7-10,20H,3-6,11-16H2,1-2H3. The number of aryl methyl sites for hydroxylation is 1. The fourth-order valence-corrected chi connectivity index (χ4v) is 3.66. The Bertz CT molecular complexity index is 393. The van der Waals surface area contributed by atoms with Crippen LogP contribution in [0.1, 0.15) is 57.4 Å². The second-order valence-electron chi connectivity index (χ2n) is 6.51. The zero-order chi connectivity index (χ0) is 15.0. The summed E-state index contributed by atoms with van der Waals surface area (Å²) in [4.78, 5) is 0. The van der Waals surface area contributed by atoms with Crippen molar-refractivity contribution in [1.82, 2.24) is 5.32 Å². The van der Waals surface area contributed by atoms with Crippen molar-refractivity contribution in [3.05, 3.63) is 29.8 Å². The fraction of sp³-hybridized carbons (Fsp3) is 0.684. The second-order valence-corrected chi connectivity index (χ2v) is 6.51. The van der Waals surface area contributed by atoms with Crippen LogP contribution in [0.3, 0.4) is 0 Å². The van der Waals surface area contributed by atoms with Gasteiger partial charge in [0.25, 0.3) is 0 Å². The third-order valence-corrected chi connectivity index (χ3v) is 5.10. The van der Waals surface area contributed by atoms with Gasteiger partial charge in [0, 0.05) is 0 Å². The summed E-state index contributed by atoms with van der Waals surface area (Å²) in [6.07, 6.45) is 11.0. The topological polar surface area (TPSA) is 21.3 Å². The van der Waals surface area contributed by atoms with Gasteiger partial charge in [-0.05, 0) is 68.3 Å². The third-order valence-electron chi connectivity index (χ3n) is 5.10. The number of hydrogen-bond acceptors (Lipinski definition) is 2. The average molecular weight is 289 g/mol. The van der Waals surface area contributed by atoms with Crippen LogP contribution in [0, 0.1) is 5.41 Å². The Kier molecular flexibility index (Phi) is 6.56. The Morgan fingerprint density at radius 2 is 1.76 bits per heavy atom. The van der Waals surface area contributed by atoms with Crippen LogP contribution in [0.4, 0.5) is 0 Å². The first-order chi connectivity index (χ1) is 10.3. The van der Waals surface area contributed by atoms with Crippen molar-refractivity contribution in [2.24, 2.45) is 5.41 Å². The molecule has 2 heteroatoms. The van der Waals surface area contributed by atoms with Crippen molar-refractivity contribution >= 4 is 0 Å². The summed E-state index contributed by atoms with van der Waals surface area (Å²) in [5.74, 6) is 0.957. The van der Waals surface area contributed by atoms with Crippen molar-refractivity contribution in [2.45, 2.75) is 58.3 Å². The molecule has 21 heavy (non-hydrogen) atoms. The van der Waals surface area contributed by atoms with E-state index < -0.39 is 0 Å². The maximum atomic E-state index is 5.24. The zero-order valence-electron chi connectivity index (χ0n) is 13.8. The van der Waals surface area contributed by atoms with E-state index in [1.807, 2.05) is 0 Å². The predicted molar refractivity (Wildman–Crippen MR) is 90.0 cm³/mol. The van der Waals surface area contributed by atoms with E-state index >= 15 is 0 Å². The Morgan fingerprint density at radius 1 is 1.05 bits per heavy atom. The van der Waals surface area contributed by atoms with Crippen LogP contribution >= 0.6 is 0 Å². The lowest BCUT2D eigenvalue weighted by molar-refractivity contribution is 0.157. The molecule has 0 heterocycles. The number of hydrogen-bond donors (Lipinski definition) is 1. The molecule has 1 aromatic rings. The molecule has 0 radical (unpaired) electrons. The summed E-state index contributed by atoms with van der Waals surface area (Å²) < 4.78 is 5.24. The molecule has 0 unspecified atom stereocenters. The van der Waals surface area contributed by atoms with Gasteiger partial charge in [0.05, 0.1) is 7.11 Å². The number of nitrogens with one attached hydrogen (secondary N) is 1. The van der Waals surface area contributed by atoms with Gasteiger partial charge in [-0.15, -0.1) is 0 Å². The SMILES string of the molecule is CCNCCC1(CCc2ccc(OC)cc2)CCCCC1. The summed E-state index contributed by atoms with van der Waals surface area (Å²) in [6.45, 7) is 4.47. The zero-order valence-corrected chi connectivity index (χ0v) is 13.8. The highest BCUT2D eigenvalue weighted by atomic mass is 16.5. The lowest BCUT2D eigenvalue weighted by atomic mass is 9.68. The van der Waals surface area contributed by atoms with Crippen molar-refractivity contribution in [1.29, 1.82) is 0 Å². The van der Waals surface area contributed by atoms with Gasteiger partial charge in [0.15, 0.2) is 0 Å². The molecule has 1 aliphatic rings. The van der Waals surface area contributed by atoms with Gasteiger partial charge >= 0.3 is 0 Å². The molecule has 1 N–H and O–H groups in total. The van der Waals surface area contributed by atoms with E-state index in [9.17, 15) is 0 Å². The van der Waals surface area contributed by atoms with E-state index in [-0.39, 0.29) is 0 Å². The van der Waals surface area contributed by atoms with Crippen LogP contribution in [0.15, 0.2) is 24.3 Å². The summed E-state index contributed by atoms with van der Waals surface area (Å²) in [5, 5.41) is 3.52. The molecule has 1 saturated carbocycles. The van der Waals surface area contributed by atoms with Gasteiger partial charge in [0.1, 0.15) is 5.75 Å². The van der Waals surface area contributed by atoms with E-state index in [1.165, 1.54) is 63.5 Å². The molecular weight excluding hydrogens is 258 g/mol. The molecule has 0 aromatic heterocycles. The highest BCUT2D eigenvalue weighted by Gasteiger charge is 2.30. The van der Waals surface area contributed by atoms with E-state index in [0.29, 0.717) is 5.41 Å². The van der Waals surface area contributed by atoms with Crippen LogP contribution in [-0.4, -0.2) is 20.2 Å². The first kappa shape index (κ1) is 16.4. The van der Waals surface area contributed by atoms with Crippen molar-refractivity contribution in [2.75, 3.05) is 20.2 Å². The maximum Gasteiger partial charge on any atom is 0.118 e. The Balaban J connectivity index is 1.90. The molecule has 0 spiro atoms. The first-order valence-corrected chi connectivity index (χ1v) is 8.62. The Morgan fingerprint density at radius 3 is 2.38 bits per heavy atom. The van der Waals surface area contributed by atoms with Gasteiger partial charge in [-0.2, -0.15) is 0 Å². The van der Waals surface area contributed by atoms with E-state index in [4.69, 9.17) is 4.74 Å². The Labute approximate surface area is 130 Å². The van der Waals surface area contributed by atoms with Crippen LogP contribution < -0.4 is 10.1 Å². The number of methoxy groups -OCH3 is 1. The summed E-state index contributed by atoms with van der Waals surface area (Å²) in [5.41, 5.74) is 2.03. The highest BCUT2D eigenvalue weighted by Crippen LogP contribution is 2.42. The summed E-state index contributed by atoms with van der Waals surface area (Å²) >= 11 is 0. The van der Waals surface area contributed by atoms with Gasteiger partial charge < -0.3 is 10.1 Å². The molecule has 0 atom stereocenters. The summed E-state index contributed by atoms with van der Waals surface area (Å²) in [6, 6.07) is 8.61. The minimum absolute atomic E-state index is 0.584. The van der Waals surface area contributed by atoms with E-state index in [0.717, 1.165) is 12.3 Å². The molecule has 118 valence electrons. The molecule has 1 aliphatic carbocycles. The average Bonchev–Trinajstić information content (AvgIpc) is 2.55. The van der Waals surface area contributed by atoms with Crippen LogP contribution in [0.5, 0.6) is 5.75 Å². The second kappa shape index (κ2) is 8.43. The van der Waals surface area contributed by atoms with Gasteiger partial charge in [-0.1, -0.05) is 38.3 Å². The fourth-order valence-electron chi connectivity index (χ4n) is 3.66. The van der Waals surface area contributed by atoms with Crippen LogP contribution in [0.25, 0.3) is 0 Å². The predicted octanol–water partition coefficient (Wildman–Crippen LogP) is 4.58. The quantitative estimate of drug-likeness (QED) is 0.707. The molecular formula is C19H31NO. The lowest BCUT2D eigenvalue weighted by Crippen LogP contribution is -2.29. The molecule has 0 saturated heterocycles. The summed E-state index contributed by atoms with van der Waals surface area (Å²) in [7, 11) is 1.73. The van der Waals surface area contributed by atoms with Crippen molar-refractivity contribution in [3.8, 4) is 5.75 Å². The molecule has 0 amide bonds. The molecule has 1 aromatic carbocycles. The minimum Gasteiger partial charge on any atom is -0.497 e. The lowest BCUT2D eigenvalue weighted by Gasteiger charge is -2.38. The molecule has 1 fully saturated rings.